The van der Waals surface area contributed by atoms with Crippen LogP contribution in [0.5, 0.6) is 0 Å². The van der Waals surface area contributed by atoms with Gasteiger partial charge in [-0.05, 0) is 26.8 Å². The van der Waals surface area contributed by atoms with Gasteiger partial charge in [0.1, 0.15) is 0 Å². The molecule has 1 rings (SSSR count). The monoisotopic (exact) mass is 153 g/mol. The highest BCUT2D eigenvalue weighted by Crippen LogP contribution is 2.13. The quantitative estimate of drug-likeness (QED) is 0.685. The summed E-state index contributed by atoms with van der Waals surface area (Å²) in [6, 6.07) is 1.98. The van der Waals surface area contributed by atoms with Gasteiger partial charge in [-0.2, -0.15) is 5.10 Å². The molecule has 2 N–H and O–H groups in total. The van der Waals surface area contributed by atoms with E-state index in [2.05, 4.69) is 18.9 Å². The predicted molar refractivity (Wildman–Crippen MR) is 45.3 cm³/mol. The Labute approximate surface area is 67.2 Å². The fourth-order valence-electron chi connectivity index (χ4n) is 1.09. The van der Waals surface area contributed by atoms with E-state index < -0.39 is 0 Å². The molecule has 3 nitrogen and oxygen atoms in total. The minimum absolute atomic E-state index is 0.0619. The van der Waals surface area contributed by atoms with Gasteiger partial charge in [0, 0.05) is 18.4 Å². The summed E-state index contributed by atoms with van der Waals surface area (Å²) >= 11 is 0. The first-order valence-electron chi connectivity index (χ1n) is 3.79. The van der Waals surface area contributed by atoms with Crippen LogP contribution in [-0.2, 0) is 5.54 Å². The summed E-state index contributed by atoms with van der Waals surface area (Å²) in [7, 11) is 0. The molecule has 0 bridgehead atoms. The summed E-state index contributed by atoms with van der Waals surface area (Å²) in [5.74, 6) is 0. The fourth-order valence-corrected chi connectivity index (χ4v) is 1.09. The standard InChI is InChI=1S/C8H15N3/c1-7-4-5-10-11(7)8(2,3)6-9/h4-5H,6,9H2,1-3H3. The SMILES string of the molecule is Cc1ccnn1C(C)(C)CN. The minimum Gasteiger partial charge on any atom is -0.328 e. The molecule has 0 aliphatic heterocycles. The normalized spacial score (nSPS) is 12.0. The zero-order valence-corrected chi connectivity index (χ0v) is 7.33. The van der Waals surface area contributed by atoms with E-state index in [4.69, 9.17) is 5.73 Å². The molecule has 0 fully saturated rings. The van der Waals surface area contributed by atoms with Crippen LogP contribution in [0.1, 0.15) is 19.5 Å². The van der Waals surface area contributed by atoms with Gasteiger partial charge in [-0.3, -0.25) is 4.68 Å². The van der Waals surface area contributed by atoms with Crippen LogP contribution in [0.2, 0.25) is 0 Å². The molecular weight excluding hydrogens is 138 g/mol. The number of aromatic nitrogens is 2. The molecule has 0 saturated heterocycles. The molecule has 0 aromatic carbocycles. The molecule has 1 aromatic heterocycles. The molecule has 0 saturated carbocycles. The maximum Gasteiger partial charge on any atom is 0.0696 e. The zero-order chi connectivity index (χ0) is 8.48. The van der Waals surface area contributed by atoms with Crippen LogP contribution in [0.15, 0.2) is 12.3 Å². The van der Waals surface area contributed by atoms with Gasteiger partial charge in [0.25, 0.3) is 0 Å². The summed E-state index contributed by atoms with van der Waals surface area (Å²) < 4.78 is 1.95. The number of aryl methyl sites for hydroxylation is 1. The molecule has 62 valence electrons. The third-order valence-electron chi connectivity index (χ3n) is 1.90. The minimum atomic E-state index is -0.0619. The molecule has 0 aliphatic rings. The van der Waals surface area contributed by atoms with Crippen LogP contribution in [0.3, 0.4) is 0 Å². The molecule has 0 atom stereocenters. The van der Waals surface area contributed by atoms with Crippen molar-refractivity contribution in [3.05, 3.63) is 18.0 Å². The van der Waals surface area contributed by atoms with Crippen LogP contribution in [0, 0.1) is 6.92 Å². The average Bonchev–Trinajstić information content (AvgIpc) is 2.36. The second-order valence-electron chi connectivity index (χ2n) is 3.40. The molecule has 1 heterocycles. The lowest BCUT2D eigenvalue weighted by atomic mass is 10.1. The van der Waals surface area contributed by atoms with Crippen molar-refractivity contribution in [2.75, 3.05) is 6.54 Å². The molecule has 0 spiro atoms. The van der Waals surface area contributed by atoms with E-state index >= 15 is 0 Å². The predicted octanol–water partition coefficient (Wildman–Crippen LogP) is 0.885. The third kappa shape index (κ3) is 1.43. The van der Waals surface area contributed by atoms with E-state index in [0.29, 0.717) is 6.54 Å². The summed E-state index contributed by atoms with van der Waals surface area (Å²) in [4.78, 5) is 0. The van der Waals surface area contributed by atoms with Gasteiger partial charge < -0.3 is 5.73 Å². The van der Waals surface area contributed by atoms with Crippen molar-refractivity contribution >= 4 is 0 Å². The summed E-state index contributed by atoms with van der Waals surface area (Å²) in [6.07, 6.45) is 1.80. The van der Waals surface area contributed by atoms with Gasteiger partial charge in [0.05, 0.1) is 5.54 Å². The Kier molecular flexibility index (Phi) is 2.00. The Morgan fingerprint density at radius 2 is 2.27 bits per heavy atom. The van der Waals surface area contributed by atoms with Crippen LogP contribution < -0.4 is 5.73 Å². The highest BCUT2D eigenvalue weighted by Gasteiger charge is 2.19. The molecule has 3 heteroatoms. The van der Waals surface area contributed by atoms with Crippen molar-refractivity contribution in [2.24, 2.45) is 5.73 Å². The maximum absolute atomic E-state index is 5.61. The number of nitrogens with two attached hydrogens (primary N) is 1. The van der Waals surface area contributed by atoms with E-state index in [1.807, 2.05) is 17.7 Å². The smallest absolute Gasteiger partial charge is 0.0696 e. The molecular formula is C8H15N3. The molecule has 1 aromatic rings. The second-order valence-corrected chi connectivity index (χ2v) is 3.40. The Morgan fingerprint density at radius 1 is 1.64 bits per heavy atom. The van der Waals surface area contributed by atoms with Gasteiger partial charge in [-0.1, -0.05) is 0 Å². The Hall–Kier alpha value is -0.830. The van der Waals surface area contributed by atoms with Gasteiger partial charge in [-0.25, -0.2) is 0 Å². The lowest BCUT2D eigenvalue weighted by Gasteiger charge is -2.24. The molecule has 0 unspecified atom stereocenters. The van der Waals surface area contributed by atoms with Crippen molar-refractivity contribution in [3.63, 3.8) is 0 Å². The van der Waals surface area contributed by atoms with E-state index in [-0.39, 0.29) is 5.54 Å². The summed E-state index contributed by atoms with van der Waals surface area (Å²) in [5.41, 5.74) is 6.70. The topological polar surface area (TPSA) is 43.8 Å². The largest absolute Gasteiger partial charge is 0.328 e. The summed E-state index contributed by atoms with van der Waals surface area (Å²) in [6.45, 7) is 6.79. The summed E-state index contributed by atoms with van der Waals surface area (Å²) in [5, 5.41) is 4.19. The first kappa shape index (κ1) is 8.27. The Bertz CT molecular complexity index is 237. The first-order valence-corrected chi connectivity index (χ1v) is 3.79. The van der Waals surface area contributed by atoms with Crippen molar-refractivity contribution < 1.29 is 0 Å². The van der Waals surface area contributed by atoms with Crippen molar-refractivity contribution in [3.8, 4) is 0 Å². The van der Waals surface area contributed by atoms with Gasteiger partial charge in [0.15, 0.2) is 0 Å². The van der Waals surface area contributed by atoms with Crippen LogP contribution in [0.4, 0.5) is 0 Å². The lowest BCUT2D eigenvalue weighted by molar-refractivity contribution is 0.323. The lowest BCUT2D eigenvalue weighted by Crippen LogP contribution is -2.36. The van der Waals surface area contributed by atoms with Crippen LogP contribution >= 0.6 is 0 Å². The van der Waals surface area contributed by atoms with Gasteiger partial charge in [0.2, 0.25) is 0 Å². The zero-order valence-electron chi connectivity index (χ0n) is 7.33. The van der Waals surface area contributed by atoms with Crippen LogP contribution in [0.25, 0.3) is 0 Å². The third-order valence-corrected chi connectivity index (χ3v) is 1.90. The number of rotatable bonds is 2. The molecule has 0 radical (unpaired) electrons. The fraction of sp³-hybridized carbons (Fsp3) is 0.625. The van der Waals surface area contributed by atoms with Crippen LogP contribution in [-0.4, -0.2) is 16.3 Å². The second kappa shape index (κ2) is 2.66. The Morgan fingerprint density at radius 3 is 2.64 bits per heavy atom. The molecule has 0 aliphatic carbocycles. The van der Waals surface area contributed by atoms with E-state index in [1.54, 1.807) is 6.20 Å². The van der Waals surface area contributed by atoms with Gasteiger partial charge >= 0.3 is 0 Å². The average molecular weight is 153 g/mol. The van der Waals surface area contributed by atoms with E-state index in [1.165, 1.54) is 0 Å². The van der Waals surface area contributed by atoms with Crippen molar-refractivity contribution in [2.45, 2.75) is 26.3 Å². The number of nitrogens with zero attached hydrogens (tertiary/aromatic N) is 2. The maximum atomic E-state index is 5.61. The molecule has 0 amide bonds. The highest BCUT2D eigenvalue weighted by molar-refractivity contribution is 5.00. The number of hydrogen-bond acceptors (Lipinski definition) is 2. The Balaban J connectivity index is 3.00. The van der Waals surface area contributed by atoms with Crippen molar-refractivity contribution in [1.29, 1.82) is 0 Å². The van der Waals surface area contributed by atoms with E-state index in [9.17, 15) is 0 Å². The van der Waals surface area contributed by atoms with E-state index in [0.717, 1.165) is 5.69 Å². The van der Waals surface area contributed by atoms with Crippen molar-refractivity contribution in [1.82, 2.24) is 9.78 Å². The van der Waals surface area contributed by atoms with Gasteiger partial charge in [-0.15, -0.1) is 0 Å². The number of hydrogen-bond donors (Lipinski definition) is 1. The first-order chi connectivity index (χ1) is 5.08. The highest BCUT2D eigenvalue weighted by atomic mass is 15.3. The molecule has 11 heavy (non-hydrogen) atoms.